The maximum absolute atomic E-state index is 12.1. The maximum Gasteiger partial charge on any atom is 0.228 e. The normalized spacial score (nSPS) is 22.1. The SMILES string of the molecule is CC(C)(C)C(=O)N1CCCC1CCCN. The van der Waals surface area contributed by atoms with Crippen LogP contribution >= 0.6 is 0 Å². The minimum atomic E-state index is -0.245. The highest BCUT2D eigenvalue weighted by Crippen LogP contribution is 2.27. The quantitative estimate of drug-likeness (QED) is 0.775. The van der Waals surface area contributed by atoms with Crippen LogP contribution in [0.25, 0.3) is 0 Å². The number of carbonyl (C=O) groups is 1. The highest BCUT2D eigenvalue weighted by Gasteiger charge is 2.34. The zero-order chi connectivity index (χ0) is 11.5. The van der Waals surface area contributed by atoms with Crippen LogP contribution in [0.4, 0.5) is 0 Å². The van der Waals surface area contributed by atoms with Crippen molar-refractivity contribution in [1.82, 2.24) is 4.90 Å². The van der Waals surface area contributed by atoms with Crippen molar-refractivity contribution in [2.45, 2.75) is 52.5 Å². The summed E-state index contributed by atoms with van der Waals surface area (Å²) in [5.74, 6) is 0.294. The average molecular weight is 212 g/mol. The van der Waals surface area contributed by atoms with Gasteiger partial charge in [-0.05, 0) is 32.2 Å². The Kier molecular flexibility index (Phi) is 4.14. The van der Waals surface area contributed by atoms with Crippen molar-refractivity contribution in [2.24, 2.45) is 11.1 Å². The minimum absolute atomic E-state index is 0.245. The van der Waals surface area contributed by atoms with E-state index in [9.17, 15) is 4.79 Å². The molecule has 0 aromatic carbocycles. The van der Waals surface area contributed by atoms with Gasteiger partial charge in [0.25, 0.3) is 0 Å². The van der Waals surface area contributed by atoms with Crippen LogP contribution in [0.15, 0.2) is 0 Å². The molecule has 1 amide bonds. The molecule has 3 heteroatoms. The summed E-state index contributed by atoms with van der Waals surface area (Å²) in [5.41, 5.74) is 5.27. The molecule has 1 fully saturated rings. The van der Waals surface area contributed by atoms with Crippen LogP contribution in [0, 0.1) is 5.41 Å². The van der Waals surface area contributed by atoms with E-state index in [0.717, 1.165) is 38.8 Å². The number of likely N-dealkylation sites (tertiary alicyclic amines) is 1. The summed E-state index contributed by atoms with van der Waals surface area (Å²) in [6, 6.07) is 0.445. The molecule has 0 spiro atoms. The van der Waals surface area contributed by atoms with Crippen LogP contribution in [0.2, 0.25) is 0 Å². The first-order valence-corrected chi connectivity index (χ1v) is 5.98. The summed E-state index contributed by atoms with van der Waals surface area (Å²) in [6.07, 6.45) is 4.40. The summed E-state index contributed by atoms with van der Waals surface area (Å²) < 4.78 is 0. The standard InChI is InChI=1S/C12H24N2O/c1-12(2,3)11(15)14-9-5-7-10(14)6-4-8-13/h10H,4-9,13H2,1-3H3. The predicted molar refractivity (Wildman–Crippen MR) is 62.5 cm³/mol. The van der Waals surface area contributed by atoms with Crippen LogP contribution < -0.4 is 5.73 Å². The van der Waals surface area contributed by atoms with Gasteiger partial charge in [-0.2, -0.15) is 0 Å². The van der Waals surface area contributed by atoms with Crippen molar-refractivity contribution in [1.29, 1.82) is 0 Å². The third kappa shape index (κ3) is 3.20. The third-order valence-corrected chi connectivity index (χ3v) is 3.02. The Morgan fingerprint density at radius 3 is 2.67 bits per heavy atom. The number of carbonyl (C=O) groups excluding carboxylic acids is 1. The molecule has 0 aromatic heterocycles. The highest BCUT2D eigenvalue weighted by molar-refractivity contribution is 5.82. The Morgan fingerprint density at radius 2 is 2.13 bits per heavy atom. The predicted octanol–water partition coefficient (Wildman–Crippen LogP) is 1.76. The van der Waals surface area contributed by atoms with E-state index in [1.54, 1.807) is 0 Å². The smallest absolute Gasteiger partial charge is 0.228 e. The van der Waals surface area contributed by atoms with Gasteiger partial charge in [0.1, 0.15) is 0 Å². The Balaban J connectivity index is 2.56. The minimum Gasteiger partial charge on any atom is -0.339 e. The first-order chi connectivity index (χ1) is 6.96. The second-order valence-electron chi connectivity index (χ2n) is 5.48. The highest BCUT2D eigenvalue weighted by atomic mass is 16.2. The van der Waals surface area contributed by atoms with Gasteiger partial charge in [-0.1, -0.05) is 20.8 Å². The molecule has 1 aliphatic rings. The monoisotopic (exact) mass is 212 g/mol. The van der Waals surface area contributed by atoms with Crippen LogP contribution in [0.5, 0.6) is 0 Å². The molecule has 0 aliphatic carbocycles. The zero-order valence-electron chi connectivity index (χ0n) is 10.3. The lowest BCUT2D eigenvalue weighted by atomic mass is 9.94. The van der Waals surface area contributed by atoms with Crippen LogP contribution in [-0.4, -0.2) is 29.9 Å². The average Bonchev–Trinajstić information content (AvgIpc) is 2.59. The summed E-state index contributed by atoms with van der Waals surface area (Å²) in [7, 11) is 0. The van der Waals surface area contributed by atoms with Crippen molar-refractivity contribution >= 4 is 5.91 Å². The summed E-state index contributed by atoms with van der Waals surface area (Å²) >= 11 is 0. The Labute approximate surface area is 93.0 Å². The summed E-state index contributed by atoms with van der Waals surface area (Å²) in [6.45, 7) is 7.65. The molecule has 1 atom stereocenters. The van der Waals surface area contributed by atoms with E-state index in [2.05, 4.69) is 4.90 Å². The molecule has 0 aromatic rings. The molecule has 0 radical (unpaired) electrons. The van der Waals surface area contributed by atoms with Crippen molar-refractivity contribution in [3.8, 4) is 0 Å². The van der Waals surface area contributed by atoms with Crippen molar-refractivity contribution in [3.63, 3.8) is 0 Å². The topological polar surface area (TPSA) is 46.3 Å². The summed E-state index contributed by atoms with van der Waals surface area (Å²) in [5, 5.41) is 0. The van der Waals surface area contributed by atoms with Crippen LogP contribution in [0.3, 0.4) is 0 Å². The Morgan fingerprint density at radius 1 is 1.47 bits per heavy atom. The number of hydrogen-bond donors (Lipinski definition) is 1. The third-order valence-electron chi connectivity index (χ3n) is 3.02. The van der Waals surface area contributed by atoms with Crippen molar-refractivity contribution in [3.05, 3.63) is 0 Å². The first-order valence-electron chi connectivity index (χ1n) is 5.98. The van der Waals surface area contributed by atoms with Crippen LogP contribution in [0.1, 0.15) is 46.5 Å². The molecule has 0 saturated carbocycles. The molecule has 0 bridgehead atoms. The lowest BCUT2D eigenvalue weighted by molar-refractivity contribution is -0.140. The van der Waals surface area contributed by atoms with Gasteiger partial charge in [0.15, 0.2) is 0 Å². The molecule has 15 heavy (non-hydrogen) atoms. The van der Waals surface area contributed by atoms with Gasteiger partial charge in [-0.25, -0.2) is 0 Å². The van der Waals surface area contributed by atoms with E-state index in [0.29, 0.717) is 11.9 Å². The maximum atomic E-state index is 12.1. The fourth-order valence-electron chi connectivity index (χ4n) is 2.19. The van der Waals surface area contributed by atoms with Crippen molar-refractivity contribution < 1.29 is 4.79 Å². The number of nitrogens with zero attached hydrogens (tertiary/aromatic N) is 1. The fraction of sp³-hybridized carbons (Fsp3) is 0.917. The van der Waals surface area contributed by atoms with E-state index >= 15 is 0 Å². The van der Waals surface area contributed by atoms with Gasteiger partial charge in [-0.15, -0.1) is 0 Å². The first kappa shape index (κ1) is 12.5. The van der Waals surface area contributed by atoms with Gasteiger partial charge in [0, 0.05) is 18.0 Å². The zero-order valence-corrected chi connectivity index (χ0v) is 10.3. The van der Waals surface area contributed by atoms with Crippen LogP contribution in [-0.2, 0) is 4.79 Å². The van der Waals surface area contributed by atoms with Gasteiger partial charge >= 0.3 is 0 Å². The lowest BCUT2D eigenvalue weighted by Crippen LogP contribution is -2.42. The second kappa shape index (κ2) is 4.97. The Hall–Kier alpha value is -0.570. The number of rotatable bonds is 3. The largest absolute Gasteiger partial charge is 0.339 e. The fourth-order valence-corrected chi connectivity index (χ4v) is 2.19. The second-order valence-corrected chi connectivity index (χ2v) is 5.48. The van der Waals surface area contributed by atoms with E-state index < -0.39 is 0 Å². The molecule has 1 unspecified atom stereocenters. The molecule has 1 aliphatic heterocycles. The Bertz CT molecular complexity index is 220. The van der Waals surface area contributed by atoms with E-state index in [4.69, 9.17) is 5.73 Å². The molecular weight excluding hydrogens is 188 g/mol. The van der Waals surface area contributed by atoms with Gasteiger partial charge < -0.3 is 10.6 Å². The molecule has 1 heterocycles. The van der Waals surface area contributed by atoms with Crippen molar-refractivity contribution in [2.75, 3.05) is 13.1 Å². The van der Waals surface area contributed by atoms with Gasteiger partial charge in [0.2, 0.25) is 5.91 Å². The molecule has 1 saturated heterocycles. The molecule has 2 N–H and O–H groups in total. The molecule has 88 valence electrons. The summed E-state index contributed by atoms with van der Waals surface area (Å²) in [4.78, 5) is 14.2. The number of hydrogen-bond acceptors (Lipinski definition) is 2. The lowest BCUT2D eigenvalue weighted by Gasteiger charge is -2.31. The molecular formula is C12H24N2O. The van der Waals surface area contributed by atoms with E-state index in [1.165, 1.54) is 0 Å². The van der Waals surface area contributed by atoms with E-state index in [1.807, 2.05) is 20.8 Å². The van der Waals surface area contributed by atoms with Gasteiger partial charge in [0.05, 0.1) is 0 Å². The number of amides is 1. The van der Waals surface area contributed by atoms with E-state index in [-0.39, 0.29) is 5.41 Å². The van der Waals surface area contributed by atoms with Gasteiger partial charge in [-0.3, -0.25) is 4.79 Å². The number of nitrogens with two attached hydrogens (primary N) is 1. The molecule has 3 nitrogen and oxygen atoms in total. The molecule has 1 rings (SSSR count).